The predicted octanol–water partition coefficient (Wildman–Crippen LogP) is 3.92. The van der Waals surface area contributed by atoms with E-state index in [2.05, 4.69) is 57.2 Å². The van der Waals surface area contributed by atoms with E-state index in [0.717, 1.165) is 41.5 Å². The van der Waals surface area contributed by atoms with Gasteiger partial charge in [0.1, 0.15) is 6.07 Å². The minimum Gasteiger partial charge on any atom is -0.336 e. The van der Waals surface area contributed by atoms with Crippen LogP contribution in [-0.4, -0.2) is 44.7 Å². The molecule has 0 saturated heterocycles. The second kappa shape index (κ2) is 12.8. The summed E-state index contributed by atoms with van der Waals surface area (Å²) in [6.07, 6.45) is 10.3. The van der Waals surface area contributed by atoms with Gasteiger partial charge in [0.15, 0.2) is 0 Å². The van der Waals surface area contributed by atoms with Crippen LogP contribution in [-0.2, 0) is 19.3 Å². The monoisotopic (exact) mass is 495 g/mol. The molecule has 0 bridgehead atoms. The van der Waals surface area contributed by atoms with E-state index in [4.69, 9.17) is 5.26 Å². The van der Waals surface area contributed by atoms with E-state index in [1.807, 2.05) is 24.3 Å². The van der Waals surface area contributed by atoms with Gasteiger partial charge in [-0.1, -0.05) is 54.6 Å². The SMILES string of the molecule is N#Cc1cnn(C(=O)NCCCc2ccc(Cc3cnn(C(=O)NCCCc4ccccc4)c3)cc2)c1. The summed E-state index contributed by atoms with van der Waals surface area (Å²) >= 11 is 0. The predicted molar refractivity (Wildman–Crippen MR) is 139 cm³/mol. The standard InChI is InChI=1S/C28H29N7O2/c29-17-26-19-33-35(21-26)28(37)31-15-5-9-23-10-12-24(13-11-23)16-25-18-32-34(20-25)27(36)30-14-4-8-22-6-2-1-3-7-22/h1-3,6-7,10-13,18-21H,4-5,8-9,14-16H2,(H,30,36)(H,31,37). The summed E-state index contributed by atoms with van der Waals surface area (Å²) in [6.45, 7) is 1.11. The van der Waals surface area contributed by atoms with Crippen molar-refractivity contribution in [2.45, 2.75) is 32.1 Å². The molecule has 4 aromatic rings. The molecule has 2 aromatic carbocycles. The number of nitriles is 1. The van der Waals surface area contributed by atoms with Crippen molar-refractivity contribution in [3.05, 3.63) is 107 Å². The molecular weight excluding hydrogens is 466 g/mol. The van der Waals surface area contributed by atoms with E-state index < -0.39 is 0 Å². The summed E-state index contributed by atoms with van der Waals surface area (Å²) in [6, 6.07) is 19.9. The average molecular weight is 496 g/mol. The Morgan fingerprint density at radius 3 is 1.92 bits per heavy atom. The van der Waals surface area contributed by atoms with E-state index in [1.54, 1.807) is 12.4 Å². The van der Waals surface area contributed by atoms with Crippen LogP contribution in [0.1, 0.15) is 40.7 Å². The van der Waals surface area contributed by atoms with Gasteiger partial charge in [0, 0.05) is 25.7 Å². The molecule has 2 amide bonds. The maximum Gasteiger partial charge on any atom is 0.342 e. The van der Waals surface area contributed by atoms with Crippen LogP contribution in [0.15, 0.2) is 79.4 Å². The molecule has 9 heteroatoms. The third-order valence-electron chi connectivity index (χ3n) is 5.87. The number of rotatable bonds is 10. The molecule has 9 nitrogen and oxygen atoms in total. The molecule has 4 rings (SSSR count). The zero-order chi connectivity index (χ0) is 25.9. The van der Waals surface area contributed by atoms with Crippen molar-refractivity contribution in [2.24, 2.45) is 0 Å². The minimum absolute atomic E-state index is 0.222. The number of aryl methyl sites for hydroxylation is 2. The first-order chi connectivity index (χ1) is 18.1. The van der Waals surface area contributed by atoms with Gasteiger partial charge in [0.05, 0.1) is 24.2 Å². The molecule has 2 heterocycles. The molecule has 188 valence electrons. The molecule has 0 atom stereocenters. The quantitative estimate of drug-likeness (QED) is 0.323. The highest BCUT2D eigenvalue weighted by atomic mass is 16.2. The Morgan fingerprint density at radius 1 is 0.730 bits per heavy atom. The Kier molecular flexibility index (Phi) is 8.81. The normalized spacial score (nSPS) is 10.6. The molecule has 0 unspecified atom stereocenters. The van der Waals surface area contributed by atoms with Crippen LogP contribution in [0.2, 0.25) is 0 Å². The van der Waals surface area contributed by atoms with Crippen LogP contribution in [0.5, 0.6) is 0 Å². The Bertz CT molecular complexity index is 1350. The minimum atomic E-state index is -0.349. The molecule has 0 aliphatic rings. The molecule has 0 saturated carbocycles. The summed E-state index contributed by atoms with van der Waals surface area (Å²) in [7, 11) is 0. The third kappa shape index (κ3) is 7.64. The van der Waals surface area contributed by atoms with E-state index in [0.29, 0.717) is 25.1 Å². The van der Waals surface area contributed by atoms with Crippen molar-refractivity contribution in [2.75, 3.05) is 13.1 Å². The lowest BCUT2D eigenvalue weighted by Crippen LogP contribution is -2.29. The first-order valence-corrected chi connectivity index (χ1v) is 12.3. The summed E-state index contributed by atoms with van der Waals surface area (Å²) < 4.78 is 2.48. The van der Waals surface area contributed by atoms with Crippen LogP contribution in [0.25, 0.3) is 0 Å². The fourth-order valence-corrected chi connectivity index (χ4v) is 3.90. The van der Waals surface area contributed by atoms with Crippen LogP contribution in [0.4, 0.5) is 9.59 Å². The molecule has 0 radical (unpaired) electrons. The smallest absolute Gasteiger partial charge is 0.336 e. The maximum atomic E-state index is 12.4. The van der Waals surface area contributed by atoms with Crippen LogP contribution in [0.3, 0.4) is 0 Å². The van der Waals surface area contributed by atoms with Gasteiger partial charge >= 0.3 is 12.1 Å². The third-order valence-corrected chi connectivity index (χ3v) is 5.87. The summed E-state index contributed by atoms with van der Waals surface area (Å²) in [4.78, 5) is 24.4. The van der Waals surface area contributed by atoms with Gasteiger partial charge in [-0.2, -0.15) is 24.8 Å². The van der Waals surface area contributed by atoms with E-state index in [9.17, 15) is 9.59 Å². The molecular formula is C28H29N7O2. The Hall–Kier alpha value is -4.71. The summed E-state index contributed by atoms with van der Waals surface area (Å²) in [5, 5.41) is 22.6. The van der Waals surface area contributed by atoms with Crippen molar-refractivity contribution >= 4 is 12.1 Å². The zero-order valence-corrected chi connectivity index (χ0v) is 20.5. The molecule has 0 spiro atoms. The number of nitrogens with zero attached hydrogens (tertiary/aromatic N) is 5. The zero-order valence-electron chi connectivity index (χ0n) is 20.5. The second-order valence-corrected chi connectivity index (χ2v) is 8.73. The lowest BCUT2D eigenvalue weighted by molar-refractivity contribution is 0.238. The second-order valence-electron chi connectivity index (χ2n) is 8.73. The van der Waals surface area contributed by atoms with Crippen molar-refractivity contribution < 1.29 is 9.59 Å². The van der Waals surface area contributed by atoms with Crippen molar-refractivity contribution in [1.29, 1.82) is 5.26 Å². The number of hydrogen-bond acceptors (Lipinski definition) is 5. The Balaban J connectivity index is 1.15. The van der Waals surface area contributed by atoms with E-state index in [-0.39, 0.29) is 12.1 Å². The lowest BCUT2D eigenvalue weighted by Gasteiger charge is -2.06. The highest BCUT2D eigenvalue weighted by molar-refractivity contribution is 5.76. The van der Waals surface area contributed by atoms with Gasteiger partial charge in [-0.15, -0.1) is 0 Å². The number of carbonyl (C=O) groups excluding carboxylic acids is 2. The van der Waals surface area contributed by atoms with Gasteiger partial charge in [0.2, 0.25) is 0 Å². The van der Waals surface area contributed by atoms with E-state index >= 15 is 0 Å². The average Bonchev–Trinajstić information content (AvgIpc) is 3.60. The van der Waals surface area contributed by atoms with Crippen molar-refractivity contribution in [1.82, 2.24) is 30.2 Å². The van der Waals surface area contributed by atoms with Crippen LogP contribution >= 0.6 is 0 Å². The van der Waals surface area contributed by atoms with Crippen molar-refractivity contribution in [3.8, 4) is 6.07 Å². The Labute approximate surface area is 215 Å². The molecule has 2 N–H and O–H groups in total. The number of hydrogen-bond donors (Lipinski definition) is 2. The maximum absolute atomic E-state index is 12.4. The van der Waals surface area contributed by atoms with Crippen LogP contribution < -0.4 is 10.6 Å². The van der Waals surface area contributed by atoms with Gasteiger partial charge in [-0.25, -0.2) is 9.59 Å². The molecule has 37 heavy (non-hydrogen) atoms. The molecule has 0 aliphatic carbocycles. The number of benzene rings is 2. The highest BCUT2D eigenvalue weighted by Gasteiger charge is 2.08. The number of amides is 2. The van der Waals surface area contributed by atoms with Gasteiger partial charge < -0.3 is 10.6 Å². The number of carbonyl (C=O) groups is 2. The summed E-state index contributed by atoms with van der Waals surface area (Å²) in [5.74, 6) is 0. The largest absolute Gasteiger partial charge is 0.342 e. The number of aromatic nitrogens is 4. The Morgan fingerprint density at radius 2 is 1.30 bits per heavy atom. The van der Waals surface area contributed by atoms with Gasteiger partial charge in [0.25, 0.3) is 0 Å². The fourth-order valence-electron chi connectivity index (χ4n) is 3.90. The topological polar surface area (TPSA) is 118 Å². The van der Waals surface area contributed by atoms with Gasteiger partial charge in [-0.05, 0) is 47.9 Å². The first-order valence-electron chi connectivity index (χ1n) is 12.3. The summed E-state index contributed by atoms with van der Waals surface area (Å²) in [5.41, 5.74) is 4.88. The molecule has 2 aromatic heterocycles. The first kappa shape index (κ1) is 25.4. The van der Waals surface area contributed by atoms with Crippen LogP contribution in [0, 0.1) is 11.3 Å². The number of nitrogens with one attached hydrogen (secondary N) is 2. The molecule has 0 fully saturated rings. The van der Waals surface area contributed by atoms with Gasteiger partial charge in [-0.3, -0.25) is 0 Å². The van der Waals surface area contributed by atoms with Crippen molar-refractivity contribution in [3.63, 3.8) is 0 Å². The lowest BCUT2D eigenvalue weighted by atomic mass is 10.0. The van der Waals surface area contributed by atoms with E-state index in [1.165, 1.54) is 28.2 Å². The molecule has 0 aliphatic heterocycles. The highest BCUT2D eigenvalue weighted by Crippen LogP contribution is 2.12. The fraction of sp³-hybridized carbons (Fsp3) is 0.250.